The number of nitrogens with zero attached hydrogens (tertiary/aromatic N) is 2. The van der Waals surface area contributed by atoms with Crippen LogP contribution in [0.4, 0.5) is 31.3 Å². The number of aromatic nitrogens is 2. The largest absolute Gasteiger partial charge is 0.461 e. The van der Waals surface area contributed by atoms with Crippen LogP contribution in [0.1, 0.15) is 38.9 Å². The van der Waals surface area contributed by atoms with E-state index in [0.717, 1.165) is 59.9 Å². The molecule has 1 amide bonds. The number of hydrogen-bond acceptors (Lipinski definition) is 6. The van der Waals surface area contributed by atoms with Crippen LogP contribution in [-0.2, 0) is 17.1 Å². The van der Waals surface area contributed by atoms with Gasteiger partial charge in [0.2, 0.25) is 0 Å². The third-order valence-corrected chi connectivity index (χ3v) is 6.16. The molecule has 0 saturated heterocycles. The molecule has 0 saturated carbocycles. The summed E-state index contributed by atoms with van der Waals surface area (Å²) in [6.45, 7) is 1.49. The summed E-state index contributed by atoms with van der Waals surface area (Å²) < 4.78 is 83.1. The summed E-state index contributed by atoms with van der Waals surface area (Å²) in [6.07, 6.45) is -9.22. The Kier molecular flexibility index (Phi) is 7.02. The highest BCUT2D eigenvalue weighted by atomic mass is 32.1. The van der Waals surface area contributed by atoms with Crippen LogP contribution in [0.2, 0.25) is 0 Å². The van der Waals surface area contributed by atoms with Gasteiger partial charge < -0.3 is 10.1 Å². The molecule has 0 atom stereocenters. The maximum atomic E-state index is 13.4. The Hall–Kier alpha value is -4.20. The molecule has 4 aromatic rings. The summed E-state index contributed by atoms with van der Waals surface area (Å²) in [7, 11) is 0. The van der Waals surface area contributed by atoms with E-state index in [0.29, 0.717) is 4.68 Å². The van der Waals surface area contributed by atoms with Gasteiger partial charge in [0.25, 0.3) is 11.5 Å². The number of alkyl halides is 6. The van der Waals surface area contributed by atoms with E-state index >= 15 is 0 Å². The second-order valence-corrected chi connectivity index (χ2v) is 8.59. The molecule has 0 bridgehead atoms. The normalized spacial score (nSPS) is 12.0. The van der Waals surface area contributed by atoms with Crippen LogP contribution in [-0.4, -0.2) is 28.3 Å². The van der Waals surface area contributed by atoms with Crippen molar-refractivity contribution in [1.82, 2.24) is 9.78 Å². The Labute approximate surface area is 213 Å². The first-order valence-corrected chi connectivity index (χ1v) is 11.6. The molecule has 0 aliphatic heterocycles. The molecular formula is C24H15F6N3O4S. The van der Waals surface area contributed by atoms with Gasteiger partial charge in [-0.3, -0.25) is 9.59 Å². The monoisotopic (exact) mass is 555 g/mol. The van der Waals surface area contributed by atoms with E-state index in [1.807, 2.05) is 0 Å². The van der Waals surface area contributed by atoms with Crippen molar-refractivity contribution >= 4 is 39.0 Å². The Morgan fingerprint density at radius 1 is 0.947 bits per heavy atom. The molecule has 14 heteroatoms. The number of ether oxygens (including phenoxy) is 1. The van der Waals surface area contributed by atoms with Crippen molar-refractivity contribution in [3.05, 3.63) is 86.6 Å². The first-order valence-electron chi connectivity index (χ1n) is 10.7. The van der Waals surface area contributed by atoms with Crippen LogP contribution in [0.15, 0.2) is 58.7 Å². The Morgan fingerprint density at radius 3 is 2.03 bits per heavy atom. The number of carbonyl (C=O) groups is 2. The molecule has 2 heterocycles. The Balaban J connectivity index is 1.80. The predicted octanol–water partition coefficient (Wildman–Crippen LogP) is 5.91. The maximum absolute atomic E-state index is 13.4. The second kappa shape index (κ2) is 9.93. The number of rotatable bonds is 5. The third kappa shape index (κ3) is 5.25. The smallest absolute Gasteiger partial charge is 0.416 e. The lowest BCUT2D eigenvalue weighted by atomic mass is 10.1. The van der Waals surface area contributed by atoms with Gasteiger partial charge in [-0.1, -0.05) is 0 Å². The van der Waals surface area contributed by atoms with Gasteiger partial charge in [0, 0.05) is 16.3 Å². The van der Waals surface area contributed by atoms with Crippen LogP contribution in [0.25, 0.3) is 16.5 Å². The van der Waals surface area contributed by atoms with Crippen molar-refractivity contribution in [3.63, 3.8) is 0 Å². The molecule has 198 valence electrons. The average Bonchev–Trinajstić information content (AvgIpc) is 3.27. The van der Waals surface area contributed by atoms with Crippen LogP contribution in [0.5, 0.6) is 0 Å². The van der Waals surface area contributed by atoms with E-state index in [2.05, 4.69) is 10.4 Å². The summed E-state index contributed by atoms with van der Waals surface area (Å²) in [4.78, 5) is 38.7. The molecule has 38 heavy (non-hydrogen) atoms. The van der Waals surface area contributed by atoms with Gasteiger partial charge in [0.15, 0.2) is 5.69 Å². The highest BCUT2D eigenvalue weighted by Crippen LogP contribution is 2.33. The molecule has 4 rings (SSSR count). The lowest BCUT2D eigenvalue weighted by Gasteiger charge is -2.11. The van der Waals surface area contributed by atoms with Crippen LogP contribution in [0.3, 0.4) is 0 Å². The van der Waals surface area contributed by atoms with Crippen molar-refractivity contribution in [2.45, 2.75) is 19.3 Å². The minimum absolute atomic E-state index is 0.0179. The fraction of sp³-hybridized carbons (Fsp3) is 0.167. The standard InChI is InChI=1S/C24H15F6N3O4S/c1-2-37-22(36)18-16-11-38-20(31-19(34)12-3-5-13(6-4-12)23(25,26)27)17(16)21(35)33(32-18)15-9-7-14(8-10-15)24(28,29)30/h3-11H,2H2,1H3,(H,31,34). The van der Waals surface area contributed by atoms with Crippen molar-refractivity contribution in [1.29, 1.82) is 0 Å². The molecule has 0 fully saturated rings. The van der Waals surface area contributed by atoms with Crippen LogP contribution in [0, 0.1) is 0 Å². The number of amides is 1. The Bertz CT molecular complexity index is 1570. The zero-order chi connectivity index (χ0) is 27.8. The molecule has 0 spiro atoms. The molecule has 0 radical (unpaired) electrons. The van der Waals surface area contributed by atoms with Crippen molar-refractivity contribution in [2.75, 3.05) is 11.9 Å². The van der Waals surface area contributed by atoms with Gasteiger partial charge >= 0.3 is 18.3 Å². The number of benzene rings is 2. The predicted molar refractivity (Wildman–Crippen MR) is 126 cm³/mol. The lowest BCUT2D eigenvalue weighted by Crippen LogP contribution is -2.25. The second-order valence-electron chi connectivity index (χ2n) is 7.71. The maximum Gasteiger partial charge on any atom is 0.416 e. The van der Waals surface area contributed by atoms with Gasteiger partial charge in [-0.05, 0) is 55.5 Å². The highest BCUT2D eigenvalue weighted by Gasteiger charge is 2.31. The highest BCUT2D eigenvalue weighted by molar-refractivity contribution is 7.16. The summed E-state index contributed by atoms with van der Waals surface area (Å²) in [5.41, 5.74) is -3.35. The molecule has 2 aromatic heterocycles. The lowest BCUT2D eigenvalue weighted by molar-refractivity contribution is -0.138. The third-order valence-electron chi connectivity index (χ3n) is 5.26. The first-order chi connectivity index (χ1) is 17.8. The molecule has 0 aliphatic carbocycles. The summed E-state index contributed by atoms with van der Waals surface area (Å²) in [6, 6.07) is 6.82. The van der Waals surface area contributed by atoms with E-state index in [1.165, 1.54) is 12.3 Å². The van der Waals surface area contributed by atoms with E-state index in [1.54, 1.807) is 0 Å². The zero-order valence-corrected chi connectivity index (χ0v) is 19.9. The summed E-state index contributed by atoms with van der Waals surface area (Å²) >= 11 is 0.845. The number of esters is 1. The molecule has 0 aliphatic rings. The summed E-state index contributed by atoms with van der Waals surface area (Å²) in [5.74, 6) is -1.76. The van der Waals surface area contributed by atoms with Gasteiger partial charge in [0.05, 0.1) is 28.8 Å². The molecule has 2 aromatic carbocycles. The molecule has 7 nitrogen and oxygen atoms in total. The number of fused-ring (bicyclic) bond motifs is 1. The van der Waals surface area contributed by atoms with E-state index in [-0.39, 0.29) is 39.3 Å². The van der Waals surface area contributed by atoms with Gasteiger partial charge in [0.1, 0.15) is 5.00 Å². The minimum Gasteiger partial charge on any atom is -0.461 e. The number of carbonyl (C=O) groups excluding carboxylic acids is 2. The molecule has 1 N–H and O–H groups in total. The number of halogens is 6. The van der Waals surface area contributed by atoms with Gasteiger partial charge in [-0.25, -0.2) is 4.79 Å². The number of hydrogen-bond donors (Lipinski definition) is 1. The Morgan fingerprint density at radius 2 is 1.50 bits per heavy atom. The van der Waals surface area contributed by atoms with Crippen LogP contribution >= 0.6 is 11.3 Å². The number of nitrogens with one attached hydrogen (secondary N) is 1. The number of anilines is 1. The van der Waals surface area contributed by atoms with E-state index < -0.39 is 40.9 Å². The number of thiophene rings is 1. The molecule has 0 unspecified atom stereocenters. The van der Waals surface area contributed by atoms with Crippen molar-refractivity contribution < 1.29 is 40.7 Å². The van der Waals surface area contributed by atoms with Gasteiger partial charge in [-0.15, -0.1) is 11.3 Å². The molecular weight excluding hydrogens is 540 g/mol. The summed E-state index contributed by atoms with van der Waals surface area (Å²) in [5, 5.41) is 7.58. The fourth-order valence-electron chi connectivity index (χ4n) is 3.44. The fourth-order valence-corrected chi connectivity index (χ4v) is 4.38. The van der Waals surface area contributed by atoms with Crippen LogP contribution < -0.4 is 10.9 Å². The van der Waals surface area contributed by atoms with E-state index in [9.17, 15) is 40.7 Å². The van der Waals surface area contributed by atoms with E-state index in [4.69, 9.17) is 4.74 Å². The average molecular weight is 555 g/mol. The minimum atomic E-state index is -4.62. The zero-order valence-electron chi connectivity index (χ0n) is 19.1. The van der Waals surface area contributed by atoms with Gasteiger partial charge in [-0.2, -0.15) is 36.1 Å². The SMILES string of the molecule is CCOC(=O)c1nn(-c2ccc(C(F)(F)F)cc2)c(=O)c2c(NC(=O)c3ccc(C(F)(F)F)cc3)scc12. The van der Waals surface area contributed by atoms with Crippen molar-refractivity contribution in [2.24, 2.45) is 0 Å². The first kappa shape index (κ1) is 26.9. The van der Waals surface area contributed by atoms with Crippen molar-refractivity contribution in [3.8, 4) is 5.69 Å². The quantitative estimate of drug-likeness (QED) is 0.244. The topological polar surface area (TPSA) is 90.3 Å².